The van der Waals surface area contributed by atoms with Gasteiger partial charge in [-0.2, -0.15) is 0 Å². The first-order valence-corrected chi connectivity index (χ1v) is 10.8. The summed E-state index contributed by atoms with van der Waals surface area (Å²) in [6.45, 7) is 11.6. The molecule has 5 rings (SSSR count). The zero-order valence-electron chi connectivity index (χ0n) is 18.4. The van der Waals surface area contributed by atoms with Crippen molar-refractivity contribution < 1.29 is 4.42 Å². The summed E-state index contributed by atoms with van der Waals surface area (Å²) in [6.07, 6.45) is 5.47. The van der Waals surface area contributed by atoms with Gasteiger partial charge >= 0.3 is 5.63 Å². The Morgan fingerprint density at radius 2 is 1.90 bits per heavy atom. The first kappa shape index (κ1) is 19.8. The Kier molecular flexibility index (Phi) is 4.78. The predicted octanol–water partition coefficient (Wildman–Crippen LogP) is 3.73. The lowest BCUT2D eigenvalue weighted by Crippen LogP contribution is -2.56. The Morgan fingerprint density at radius 1 is 1.13 bits per heavy atom. The van der Waals surface area contributed by atoms with Gasteiger partial charge in [0.1, 0.15) is 5.69 Å². The van der Waals surface area contributed by atoms with E-state index in [2.05, 4.69) is 46.6 Å². The van der Waals surface area contributed by atoms with Crippen LogP contribution in [0.4, 0.5) is 5.69 Å². The molecule has 0 spiro atoms. The van der Waals surface area contributed by atoms with Crippen LogP contribution in [0.5, 0.6) is 0 Å². The molecule has 1 aliphatic heterocycles. The zero-order valence-corrected chi connectivity index (χ0v) is 18.4. The standard InChI is InChI=1S/C24H27N5O2/c1-5-29-16(3)12-27(13-17(29)4)19-7-6-18-8-22(31-24(30)20(18)9-19)21-14-28-11-15(2)25-10-23(28)26-21/h6-11,14,16-17H,5,12-13H2,1-4H3. The lowest BCUT2D eigenvalue weighted by molar-refractivity contribution is 0.140. The number of benzene rings is 1. The Balaban J connectivity index is 1.51. The van der Waals surface area contributed by atoms with Crippen LogP contribution in [0.15, 0.2) is 52.1 Å². The summed E-state index contributed by atoms with van der Waals surface area (Å²) in [6, 6.07) is 8.90. The monoisotopic (exact) mass is 417 g/mol. The van der Waals surface area contributed by atoms with E-state index in [1.807, 2.05) is 41.9 Å². The second kappa shape index (κ2) is 7.50. The molecule has 31 heavy (non-hydrogen) atoms. The van der Waals surface area contributed by atoms with Crippen LogP contribution >= 0.6 is 0 Å². The highest BCUT2D eigenvalue weighted by atomic mass is 16.4. The van der Waals surface area contributed by atoms with Gasteiger partial charge in [-0.1, -0.05) is 13.0 Å². The van der Waals surface area contributed by atoms with Crippen molar-refractivity contribution in [1.82, 2.24) is 19.3 Å². The van der Waals surface area contributed by atoms with Crippen molar-refractivity contribution in [3.63, 3.8) is 0 Å². The molecule has 0 aliphatic carbocycles. The Labute approximate surface area is 180 Å². The van der Waals surface area contributed by atoms with Gasteiger partial charge in [-0.3, -0.25) is 9.88 Å². The van der Waals surface area contributed by atoms with Crippen LogP contribution in [0.25, 0.3) is 27.9 Å². The number of hydrogen-bond donors (Lipinski definition) is 0. The fraction of sp³-hybridized carbons (Fsp3) is 0.375. The molecular formula is C24H27N5O2. The molecule has 4 heterocycles. The van der Waals surface area contributed by atoms with Crippen LogP contribution in [-0.2, 0) is 0 Å². The van der Waals surface area contributed by atoms with E-state index in [0.29, 0.717) is 34.6 Å². The smallest absolute Gasteiger partial charge is 0.344 e. The molecule has 0 amide bonds. The summed E-state index contributed by atoms with van der Waals surface area (Å²) in [7, 11) is 0. The highest BCUT2D eigenvalue weighted by Crippen LogP contribution is 2.27. The minimum absolute atomic E-state index is 0.339. The Morgan fingerprint density at radius 3 is 2.65 bits per heavy atom. The second-order valence-corrected chi connectivity index (χ2v) is 8.52. The molecule has 2 unspecified atom stereocenters. The zero-order chi connectivity index (χ0) is 21.7. The van der Waals surface area contributed by atoms with E-state index < -0.39 is 0 Å². The minimum Gasteiger partial charge on any atom is -0.421 e. The van der Waals surface area contributed by atoms with Crippen molar-refractivity contribution in [2.75, 3.05) is 24.5 Å². The summed E-state index contributed by atoms with van der Waals surface area (Å²) in [4.78, 5) is 26.6. The van der Waals surface area contributed by atoms with Gasteiger partial charge in [-0.15, -0.1) is 0 Å². The van der Waals surface area contributed by atoms with Gasteiger partial charge in [0.05, 0.1) is 17.3 Å². The maximum Gasteiger partial charge on any atom is 0.344 e. The van der Waals surface area contributed by atoms with Gasteiger partial charge in [0.2, 0.25) is 0 Å². The average Bonchev–Trinajstić information content (AvgIpc) is 3.16. The van der Waals surface area contributed by atoms with Gasteiger partial charge in [-0.05, 0) is 50.9 Å². The van der Waals surface area contributed by atoms with Crippen LogP contribution in [0.1, 0.15) is 26.5 Å². The number of rotatable bonds is 3. The van der Waals surface area contributed by atoms with Crippen LogP contribution in [0.3, 0.4) is 0 Å². The maximum atomic E-state index is 12.9. The quantitative estimate of drug-likeness (QED) is 0.506. The molecule has 0 saturated carbocycles. The summed E-state index contributed by atoms with van der Waals surface area (Å²) in [5, 5.41) is 1.45. The van der Waals surface area contributed by atoms with E-state index in [1.54, 1.807) is 6.20 Å². The summed E-state index contributed by atoms with van der Waals surface area (Å²) in [5.74, 6) is 0.463. The molecule has 3 aromatic heterocycles. The molecule has 0 radical (unpaired) electrons. The van der Waals surface area contributed by atoms with E-state index in [1.165, 1.54) is 0 Å². The van der Waals surface area contributed by atoms with Crippen molar-refractivity contribution in [1.29, 1.82) is 0 Å². The Hall–Kier alpha value is -3.19. The van der Waals surface area contributed by atoms with Gasteiger partial charge in [0.15, 0.2) is 11.4 Å². The highest BCUT2D eigenvalue weighted by Gasteiger charge is 2.28. The second-order valence-electron chi connectivity index (χ2n) is 8.52. The van der Waals surface area contributed by atoms with Crippen molar-refractivity contribution in [2.45, 2.75) is 39.8 Å². The van der Waals surface area contributed by atoms with Gasteiger partial charge < -0.3 is 13.7 Å². The van der Waals surface area contributed by atoms with E-state index >= 15 is 0 Å². The average molecular weight is 418 g/mol. The Bertz CT molecular complexity index is 1310. The predicted molar refractivity (Wildman–Crippen MR) is 123 cm³/mol. The van der Waals surface area contributed by atoms with Crippen molar-refractivity contribution in [2.24, 2.45) is 0 Å². The van der Waals surface area contributed by atoms with Crippen LogP contribution < -0.4 is 10.5 Å². The number of likely N-dealkylation sites (N-methyl/N-ethyl adjacent to an activating group) is 1. The van der Waals surface area contributed by atoms with E-state index in [0.717, 1.165) is 36.4 Å². The number of hydrogen-bond acceptors (Lipinski definition) is 6. The first-order valence-electron chi connectivity index (χ1n) is 10.8. The SMILES string of the molecule is CCN1C(C)CN(c2ccc3cc(-c4cn5cc(C)ncc5n4)oc(=O)c3c2)CC1C. The number of piperazine rings is 1. The third kappa shape index (κ3) is 3.49. The third-order valence-corrected chi connectivity index (χ3v) is 6.30. The summed E-state index contributed by atoms with van der Waals surface area (Å²) in [5.41, 5.74) is 2.96. The minimum atomic E-state index is -0.339. The van der Waals surface area contributed by atoms with Crippen molar-refractivity contribution >= 4 is 22.1 Å². The largest absolute Gasteiger partial charge is 0.421 e. The van der Waals surface area contributed by atoms with Crippen molar-refractivity contribution in [3.05, 3.63) is 59.0 Å². The van der Waals surface area contributed by atoms with Crippen LogP contribution in [0.2, 0.25) is 0 Å². The number of fused-ring (bicyclic) bond motifs is 2. The summed E-state index contributed by atoms with van der Waals surface area (Å²) >= 11 is 0. The van der Waals surface area contributed by atoms with Crippen molar-refractivity contribution in [3.8, 4) is 11.5 Å². The van der Waals surface area contributed by atoms with Gasteiger partial charge in [0.25, 0.3) is 0 Å². The molecule has 0 bridgehead atoms. The lowest BCUT2D eigenvalue weighted by atomic mass is 10.1. The fourth-order valence-electron chi connectivity index (χ4n) is 4.81. The maximum absolute atomic E-state index is 12.9. The lowest BCUT2D eigenvalue weighted by Gasteiger charge is -2.45. The molecule has 0 N–H and O–H groups in total. The third-order valence-electron chi connectivity index (χ3n) is 6.30. The molecule has 160 valence electrons. The molecule has 1 fully saturated rings. The molecular weight excluding hydrogens is 390 g/mol. The van der Waals surface area contributed by atoms with E-state index in [4.69, 9.17) is 4.42 Å². The molecule has 7 nitrogen and oxygen atoms in total. The van der Waals surface area contributed by atoms with E-state index in [-0.39, 0.29) is 5.63 Å². The molecule has 1 aliphatic rings. The number of aryl methyl sites for hydroxylation is 1. The summed E-state index contributed by atoms with van der Waals surface area (Å²) < 4.78 is 7.57. The number of imidazole rings is 1. The molecule has 2 atom stereocenters. The first-order chi connectivity index (χ1) is 14.9. The number of aromatic nitrogens is 3. The van der Waals surface area contributed by atoms with Gasteiger partial charge in [0, 0.05) is 43.3 Å². The number of nitrogens with zero attached hydrogens (tertiary/aromatic N) is 5. The number of anilines is 1. The molecule has 7 heteroatoms. The molecule has 1 aromatic carbocycles. The van der Waals surface area contributed by atoms with Crippen LogP contribution in [-0.4, -0.2) is 51.0 Å². The van der Waals surface area contributed by atoms with Gasteiger partial charge in [-0.25, -0.2) is 9.78 Å². The molecule has 1 saturated heterocycles. The highest BCUT2D eigenvalue weighted by molar-refractivity contribution is 5.87. The molecule has 4 aromatic rings. The topological polar surface area (TPSA) is 66.9 Å². The normalized spacial score (nSPS) is 20.1. The fourth-order valence-corrected chi connectivity index (χ4v) is 4.81. The van der Waals surface area contributed by atoms with E-state index in [9.17, 15) is 4.79 Å². The van der Waals surface area contributed by atoms with Crippen LogP contribution in [0, 0.1) is 6.92 Å².